The number of ether oxygens (including phenoxy) is 1. The zero-order chi connectivity index (χ0) is 25.1. The summed E-state index contributed by atoms with van der Waals surface area (Å²) < 4.78 is 54.7. The van der Waals surface area contributed by atoms with Crippen LogP contribution in [-0.2, 0) is 24.8 Å². The number of nitrogens with zero attached hydrogens (tertiary/aromatic N) is 2. The number of benzene rings is 2. The van der Waals surface area contributed by atoms with E-state index in [1.807, 2.05) is 51.1 Å². The Kier molecular flexibility index (Phi) is 7.15. The number of carbonyl (C=O) groups excluding carboxylic acids is 2. The molecule has 0 aliphatic carbocycles. The van der Waals surface area contributed by atoms with Crippen LogP contribution in [0.25, 0.3) is 5.69 Å². The predicted octanol–water partition coefficient (Wildman–Crippen LogP) is 3.96. The maximum atomic E-state index is 12.6. The second-order valence-electron chi connectivity index (χ2n) is 8.37. The SMILES string of the molecule is CC(C)(C)c1cc(NC(=O)COC(=O)c2ccc(S(=O)(=O)C(F)F)cc2)n(-c2ccccc2)n1. The van der Waals surface area contributed by atoms with Crippen molar-refractivity contribution in [3.8, 4) is 5.69 Å². The van der Waals surface area contributed by atoms with Gasteiger partial charge >= 0.3 is 11.7 Å². The molecule has 0 unspecified atom stereocenters. The van der Waals surface area contributed by atoms with E-state index in [1.54, 1.807) is 10.7 Å². The highest BCUT2D eigenvalue weighted by atomic mass is 32.2. The highest BCUT2D eigenvalue weighted by Gasteiger charge is 2.27. The summed E-state index contributed by atoms with van der Waals surface area (Å²) in [5, 5.41) is 7.25. The third-order valence-corrected chi connectivity index (χ3v) is 6.13. The van der Waals surface area contributed by atoms with E-state index in [2.05, 4.69) is 10.4 Å². The van der Waals surface area contributed by atoms with Crippen LogP contribution in [0.2, 0.25) is 0 Å². The fourth-order valence-electron chi connectivity index (χ4n) is 2.88. The first kappa shape index (κ1) is 25.0. The minimum Gasteiger partial charge on any atom is -0.452 e. The van der Waals surface area contributed by atoms with E-state index in [0.717, 1.165) is 35.6 Å². The predicted molar refractivity (Wildman–Crippen MR) is 121 cm³/mol. The van der Waals surface area contributed by atoms with Gasteiger partial charge in [-0.3, -0.25) is 4.79 Å². The van der Waals surface area contributed by atoms with E-state index in [0.29, 0.717) is 5.82 Å². The summed E-state index contributed by atoms with van der Waals surface area (Å²) in [7, 11) is -4.77. The zero-order valence-electron chi connectivity index (χ0n) is 18.7. The third-order valence-electron chi connectivity index (χ3n) is 4.73. The standard InChI is InChI=1S/C23H23F2N3O5S/c1-23(2,3)18-13-19(28(27-18)16-7-5-4-6-8-16)26-20(29)14-33-21(30)15-9-11-17(12-10-15)34(31,32)22(24)25/h4-13,22H,14H2,1-3H3,(H,26,29). The fourth-order valence-corrected chi connectivity index (χ4v) is 3.60. The number of halogens is 2. The monoisotopic (exact) mass is 491 g/mol. The Morgan fingerprint density at radius 2 is 1.68 bits per heavy atom. The van der Waals surface area contributed by atoms with E-state index in [4.69, 9.17) is 4.74 Å². The maximum Gasteiger partial charge on any atom is 0.341 e. The summed E-state index contributed by atoms with van der Waals surface area (Å²) >= 11 is 0. The number of amides is 1. The van der Waals surface area contributed by atoms with Gasteiger partial charge in [-0.1, -0.05) is 39.0 Å². The molecule has 0 bridgehead atoms. The summed E-state index contributed by atoms with van der Waals surface area (Å²) in [6.07, 6.45) is 0. The molecule has 11 heteroatoms. The Hall–Kier alpha value is -3.60. The van der Waals surface area contributed by atoms with Gasteiger partial charge < -0.3 is 10.1 Å². The first-order valence-electron chi connectivity index (χ1n) is 10.1. The van der Waals surface area contributed by atoms with E-state index in [9.17, 15) is 26.8 Å². The lowest BCUT2D eigenvalue weighted by atomic mass is 9.92. The van der Waals surface area contributed by atoms with Gasteiger partial charge in [-0.15, -0.1) is 0 Å². The van der Waals surface area contributed by atoms with Gasteiger partial charge in [0.1, 0.15) is 5.82 Å². The van der Waals surface area contributed by atoms with Crippen molar-refractivity contribution in [3.05, 3.63) is 71.9 Å². The lowest BCUT2D eigenvalue weighted by molar-refractivity contribution is -0.119. The summed E-state index contributed by atoms with van der Waals surface area (Å²) in [6, 6.07) is 14.7. The number of rotatable bonds is 7. The molecule has 0 atom stereocenters. The molecule has 0 saturated heterocycles. The molecule has 0 fully saturated rings. The van der Waals surface area contributed by atoms with Crippen LogP contribution in [0.4, 0.5) is 14.6 Å². The molecular weight excluding hydrogens is 468 g/mol. The molecule has 3 aromatic rings. The van der Waals surface area contributed by atoms with Crippen LogP contribution in [0, 0.1) is 0 Å². The summed E-state index contributed by atoms with van der Waals surface area (Å²) in [6.45, 7) is 5.32. The lowest BCUT2D eigenvalue weighted by Crippen LogP contribution is -2.22. The van der Waals surface area contributed by atoms with Crippen LogP contribution in [0.1, 0.15) is 36.8 Å². The number of aromatic nitrogens is 2. The second kappa shape index (κ2) is 9.72. The van der Waals surface area contributed by atoms with Gasteiger partial charge in [-0.2, -0.15) is 13.9 Å². The van der Waals surface area contributed by atoms with Gasteiger partial charge in [0.25, 0.3) is 5.91 Å². The molecule has 34 heavy (non-hydrogen) atoms. The largest absolute Gasteiger partial charge is 0.452 e. The summed E-state index contributed by atoms with van der Waals surface area (Å²) in [5.74, 6) is -4.72. The van der Waals surface area contributed by atoms with Crippen LogP contribution in [0.3, 0.4) is 0 Å². The second-order valence-corrected chi connectivity index (χ2v) is 10.3. The first-order valence-corrected chi connectivity index (χ1v) is 11.7. The first-order chi connectivity index (χ1) is 15.9. The van der Waals surface area contributed by atoms with E-state index < -0.39 is 39.0 Å². The molecule has 1 aromatic heterocycles. The van der Waals surface area contributed by atoms with Crippen LogP contribution in [0.15, 0.2) is 65.6 Å². The molecule has 1 heterocycles. The number of esters is 1. The minimum absolute atomic E-state index is 0.0923. The van der Waals surface area contributed by atoms with Crippen LogP contribution in [-0.4, -0.2) is 42.4 Å². The highest BCUT2D eigenvalue weighted by molar-refractivity contribution is 7.91. The van der Waals surface area contributed by atoms with Gasteiger partial charge in [-0.05, 0) is 36.4 Å². The molecule has 180 valence electrons. The molecular formula is C23H23F2N3O5S. The minimum atomic E-state index is -4.77. The molecule has 0 aliphatic heterocycles. The van der Waals surface area contributed by atoms with Crippen molar-refractivity contribution in [3.63, 3.8) is 0 Å². The summed E-state index contributed by atoms with van der Waals surface area (Å²) in [4.78, 5) is 24.0. The van der Waals surface area contributed by atoms with E-state index in [1.165, 1.54) is 0 Å². The van der Waals surface area contributed by atoms with Crippen LogP contribution in [0.5, 0.6) is 0 Å². The average Bonchev–Trinajstić information content (AvgIpc) is 3.22. The maximum absolute atomic E-state index is 12.6. The number of nitrogens with one attached hydrogen (secondary N) is 1. The third kappa shape index (κ3) is 5.66. The van der Waals surface area contributed by atoms with E-state index in [-0.39, 0.29) is 11.0 Å². The summed E-state index contributed by atoms with van der Waals surface area (Å²) in [5.41, 5.74) is 1.09. The lowest BCUT2D eigenvalue weighted by Gasteiger charge is -2.14. The molecule has 0 saturated carbocycles. The Balaban J connectivity index is 1.69. The van der Waals surface area contributed by atoms with Gasteiger partial charge in [0.05, 0.1) is 21.8 Å². The van der Waals surface area contributed by atoms with Crippen molar-refractivity contribution in [2.45, 2.75) is 36.8 Å². The number of alkyl halides is 2. The number of para-hydroxylation sites is 1. The topological polar surface area (TPSA) is 107 Å². The van der Waals surface area contributed by atoms with Crippen molar-refractivity contribution in [2.24, 2.45) is 0 Å². The van der Waals surface area contributed by atoms with Crippen molar-refractivity contribution >= 4 is 27.5 Å². The molecule has 3 rings (SSSR count). The molecule has 0 radical (unpaired) electrons. The average molecular weight is 492 g/mol. The molecule has 1 N–H and O–H groups in total. The molecule has 0 spiro atoms. The highest BCUT2D eigenvalue weighted by Crippen LogP contribution is 2.26. The zero-order valence-corrected chi connectivity index (χ0v) is 19.5. The fraction of sp³-hybridized carbons (Fsp3) is 0.261. The van der Waals surface area contributed by atoms with E-state index >= 15 is 0 Å². The number of anilines is 1. The quantitative estimate of drug-likeness (QED) is 0.502. The number of carbonyl (C=O) groups is 2. The van der Waals surface area contributed by atoms with Crippen molar-refractivity contribution in [1.29, 1.82) is 0 Å². The Morgan fingerprint density at radius 1 is 1.06 bits per heavy atom. The smallest absolute Gasteiger partial charge is 0.341 e. The van der Waals surface area contributed by atoms with Crippen molar-refractivity contribution in [2.75, 3.05) is 11.9 Å². The molecule has 1 amide bonds. The molecule has 8 nitrogen and oxygen atoms in total. The number of sulfone groups is 1. The molecule has 0 aliphatic rings. The Bertz CT molecular complexity index is 1280. The number of hydrogen-bond donors (Lipinski definition) is 1. The normalized spacial score (nSPS) is 11.9. The number of hydrogen-bond acceptors (Lipinski definition) is 6. The Labute approximate surface area is 195 Å². The van der Waals surface area contributed by atoms with Gasteiger partial charge in [0.15, 0.2) is 6.61 Å². The molecule has 2 aromatic carbocycles. The Morgan fingerprint density at radius 3 is 2.24 bits per heavy atom. The van der Waals surface area contributed by atoms with Crippen molar-refractivity contribution < 1.29 is 31.5 Å². The van der Waals surface area contributed by atoms with Crippen LogP contribution < -0.4 is 5.32 Å². The van der Waals surface area contributed by atoms with Crippen molar-refractivity contribution in [1.82, 2.24) is 9.78 Å². The van der Waals surface area contributed by atoms with Gasteiger partial charge in [0.2, 0.25) is 9.84 Å². The van der Waals surface area contributed by atoms with Gasteiger partial charge in [0, 0.05) is 11.5 Å². The van der Waals surface area contributed by atoms with Gasteiger partial charge in [-0.25, -0.2) is 17.9 Å². The van der Waals surface area contributed by atoms with Crippen LogP contribution >= 0.6 is 0 Å².